The van der Waals surface area contributed by atoms with Crippen molar-refractivity contribution < 1.29 is 22.7 Å². The second-order valence-corrected chi connectivity index (χ2v) is 4.87. The predicted molar refractivity (Wildman–Crippen MR) is 70.5 cm³/mol. The van der Waals surface area contributed by atoms with Gasteiger partial charge in [-0.15, -0.1) is 0 Å². The van der Waals surface area contributed by atoms with Crippen LogP contribution in [0.5, 0.6) is 0 Å². The Hall–Kier alpha value is -1.60. The zero-order chi connectivity index (χ0) is 15.3. The largest absolute Gasteiger partial charge is 0.416 e. The summed E-state index contributed by atoms with van der Waals surface area (Å²) in [6.45, 7) is 2.20. The van der Waals surface area contributed by atoms with Crippen molar-refractivity contribution in [1.82, 2.24) is 10.6 Å². The molecule has 0 spiro atoms. The standard InChI is InChI=1S/C14H17F3N2O2/c15-14(16,17)11-3-1-10(2-4-11)8-19-13(20)7-12-9-18-5-6-21-12/h1-4,12,18H,5-9H2,(H,19,20). The summed E-state index contributed by atoms with van der Waals surface area (Å²) in [7, 11) is 0. The van der Waals surface area contributed by atoms with Gasteiger partial charge < -0.3 is 15.4 Å². The summed E-state index contributed by atoms with van der Waals surface area (Å²) < 4.78 is 42.6. The van der Waals surface area contributed by atoms with Crippen LogP contribution in [-0.2, 0) is 22.3 Å². The van der Waals surface area contributed by atoms with E-state index >= 15 is 0 Å². The molecule has 2 rings (SSSR count). The Bertz CT molecular complexity index is 468. The molecule has 21 heavy (non-hydrogen) atoms. The number of ether oxygens (including phenoxy) is 1. The van der Waals surface area contributed by atoms with Crippen LogP contribution >= 0.6 is 0 Å². The van der Waals surface area contributed by atoms with Crippen molar-refractivity contribution in [3.63, 3.8) is 0 Å². The van der Waals surface area contributed by atoms with Gasteiger partial charge >= 0.3 is 6.18 Å². The van der Waals surface area contributed by atoms with Gasteiger partial charge in [0.05, 0.1) is 24.7 Å². The number of halogens is 3. The summed E-state index contributed by atoms with van der Waals surface area (Å²) in [6, 6.07) is 4.74. The maximum Gasteiger partial charge on any atom is 0.416 e. The molecule has 1 aliphatic heterocycles. The molecule has 4 nitrogen and oxygen atoms in total. The van der Waals surface area contributed by atoms with E-state index in [1.165, 1.54) is 12.1 Å². The number of amides is 1. The normalized spacial score (nSPS) is 19.3. The van der Waals surface area contributed by atoms with Gasteiger partial charge in [-0.25, -0.2) is 0 Å². The lowest BCUT2D eigenvalue weighted by molar-refractivity contribution is -0.137. The maximum atomic E-state index is 12.4. The summed E-state index contributed by atoms with van der Waals surface area (Å²) in [6.07, 6.45) is -4.24. The van der Waals surface area contributed by atoms with Crippen LogP contribution in [0.15, 0.2) is 24.3 Å². The fourth-order valence-corrected chi connectivity index (χ4v) is 2.04. The van der Waals surface area contributed by atoms with Gasteiger partial charge in [0.15, 0.2) is 0 Å². The van der Waals surface area contributed by atoms with Gasteiger partial charge in [-0.1, -0.05) is 12.1 Å². The lowest BCUT2D eigenvalue weighted by atomic mass is 10.1. The van der Waals surface area contributed by atoms with E-state index in [-0.39, 0.29) is 25.0 Å². The van der Waals surface area contributed by atoms with E-state index in [1.54, 1.807) is 0 Å². The lowest BCUT2D eigenvalue weighted by Crippen LogP contribution is -2.41. The predicted octanol–water partition coefficient (Wildman–Crippen LogP) is 1.70. The zero-order valence-corrected chi connectivity index (χ0v) is 11.4. The van der Waals surface area contributed by atoms with Crippen molar-refractivity contribution >= 4 is 5.91 Å². The summed E-state index contributed by atoms with van der Waals surface area (Å²) in [5, 5.41) is 5.80. The number of rotatable bonds is 4. The first-order valence-corrected chi connectivity index (χ1v) is 6.70. The van der Waals surface area contributed by atoms with Crippen LogP contribution < -0.4 is 10.6 Å². The third kappa shape index (κ3) is 5.02. The molecular weight excluding hydrogens is 285 g/mol. The molecule has 1 aliphatic rings. The van der Waals surface area contributed by atoms with E-state index in [4.69, 9.17) is 4.74 Å². The summed E-state index contributed by atoms with van der Waals surface area (Å²) in [5.74, 6) is -0.177. The first-order chi connectivity index (χ1) is 9.95. The first kappa shape index (κ1) is 15.8. The van der Waals surface area contributed by atoms with Crippen LogP contribution in [0.1, 0.15) is 17.5 Å². The number of nitrogens with one attached hydrogen (secondary N) is 2. The Balaban J connectivity index is 1.78. The van der Waals surface area contributed by atoms with Crippen LogP contribution in [0.3, 0.4) is 0 Å². The minimum Gasteiger partial charge on any atom is -0.375 e. The number of carbonyl (C=O) groups excluding carboxylic acids is 1. The number of morpholine rings is 1. The van der Waals surface area contributed by atoms with Crippen molar-refractivity contribution in [2.24, 2.45) is 0 Å². The molecule has 1 aromatic rings. The van der Waals surface area contributed by atoms with Crippen molar-refractivity contribution in [2.75, 3.05) is 19.7 Å². The monoisotopic (exact) mass is 302 g/mol. The third-order valence-corrected chi connectivity index (χ3v) is 3.19. The number of carbonyl (C=O) groups is 1. The molecule has 116 valence electrons. The molecule has 1 heterocycles. The summed E-state index contributed by atoms with van der Waals surface area (Å²) >= 11 is 0. The Kier molecular flexibility index (Phi) is 5.19. The fourth-order valence-electron chi connectivity index (χ4n) is 2.04. The number of hydrogen-bond acceptors (Lipinski definition) is 3. The summed E-state index contributed by atoms with van der Waals surface area (Å²) in [5.41, 5.74) is -0.0710. The van der Waals surface area contributed by atoms with Crippen molar-refractivity contribution in [1.29, 1.82) is 0 Å². The molecule has 1 saturated heterocycles. The number of hydrogen-bond donors (Lipinski definition) is 2. The van der Waals surface area contributed by atoms with E-state index in [1.807, 2.05) is 0 Å². The Labute approximate surface area is 120 Å². The van der Waals surface area contributed by atoms with Gasteiger partial charge in [0.1, 0.15) is 0 Å². The van der Waals surface area contributed by atoms with Gasteiger partial charge in [0.2, 0.25) is 5.91 Å². The van der Waals surface area contributed by atoms with E-state index in [9.17, 15) is 18.0 Å². The topological polar surface area (TPSA) is 50.4 Å². The molecule has 0 aromatic heterocycles. The van der Waals surface area contributed by atoms with Gasteiger partial charge in [-0.3, -0.25) is 4.79 Å². The minimum atomic E-state index is -4.34. The average Bonchev–Trinajstić information content (AvgIpc) is 2.46. The van der Waals surface area contributed by atoms with Gasteiger partial charge in [-0.2, -0.15) is 13.2 Å². The molecule has 0 bridgehead atoms. The van der Waals surface area contributed by atoms with Crippen LogP contribution in [0.25, 0.3) is 0 Å². The van der Waals surface area contributed by atoms with E-state index in [2.05, 4.69) is 10.6 Å². The smallest absolute Gasteiger partial charge is 0.375 e. The Morgan fingerprint density at radius 1 is 1.33 bits per heavy atom. The van der Waals surface area contributed by atoms with Crippen LogP contribution in [0, 0.1) is 0 Å². The van der Waals surface area contributed by atoms with Crippen LogP contribution in [-0.4, -0.2) is 31.7 Å². The lowest BCUT2D eigenvalue weighted by Gasteiger charge is -2.23. The van der Waals surface area contributed by atoms with Crippen molar-refractivity contribution in [3.05, 3.63) is 35.4 Å². The molecule has 1 unspecified atom stereocenters. The number of benzene rings is 1. The molecule has 1 amide bonds. The fraction of sp³-hybridized carbons (Fsp3) is 0.500. The van der Waals surface area contributed by atoms with Crippen molar-refractivity contribution in [2.45, 2.75) is 25.2 Å². The molecule has 1 fully saturated rings. The first-order valence-electron chi connectivity index (χ1n) is 6.70. The van der Waals surface area contributed by atoms with Crippen molar-refractivity contribution in [3.8, 4) is 0 Å². The zero-order valence-electron chi connectivity index (χ0n) is 11.4. The molecular formula is C14H17F3N2O2. The van der Waals surface area contributed by atoms with E-state index in [0.29, 0.717) is 18.7 Å². The van der Waals surface area contributed by atoms with E-state index in [0.717, 1.165) is 18.7 Å². The number of alkyl halides is 3. The highest BCUT2D eigenvalue weighted by atomic mass is 19.4. The van der Waals surface area contributed by atoms with Gasteiger partial charge in [0.25, 0.3) is 0 Å². The highest BCUT2D eigenvalue weighted by Gasteiger charge is 2.29. The Morgan fingerprint density at radius 2 is 2.05 bits per heavy atom. The molecule has 0 aliphatic carbocycles. The highest BCUT2D eigenvalue weighted by molar-refractivity contribution is 5.76. The minimum absolute atomic E-state index is 0.147. The van der Waals surface area contributed by atoms with Gasteiger partial charge in [0, 0.05) is 19.6 Å². The van der Waals surface area contributed by atoms with Crippen LogP contribution in [0.2, 0.25) is 0 Å². The molecule has 2 N–H and O–H groups in total. The second-order valence-electron chi connectivity index (χ2n) is 4.87. The average molecular weight is 302 g/mol. The second kappa shape index (κ2) is 6.91. The molecule has 0 radical (unpaired) electrons. The highest BCUT2D eigenvalue weighted by Crippen LogP contribution is 2.29. The SMILES string of the molecule is O=C(CC1CNCCO1)NCc1ccc(C(F)(F)F)cc1. The Morgan fingerprint density at radius 3 is 2.62 bits per heavy atom. The van der Waals surface area contributed by atoms with Crippen LogP contribution in [0.4, 0.5) is 13.2 Å². The maximum absolute atomic E-state index is 12.4. The molecule has 1 atom stereocenters. The quantitative estimate of drug-likeness (QED) is 0.890. The molecule has 7 heteroatoms. The molecule has 1 aromatic carbocycles. The van der Waals surface area contributed by atoms with E-state index < -0.39 is 11.7 Å². The van der Waals surface area contributed by atoms with Gasteiger partial charge in [-0.05, 0) is 17.7 Å². The summed E-state index contributed by atoms with van der Waals surface area (Å²) in [4.78, 5) is 11.7. The third-order valence-electron chi connectivity index (χ3n) is 3.19. The molecule has 0 saturated carbocycles.